The van der Waals surface area contributed by atoms with E-state index in [1.165, 1.54) is 0 Å². The van der Waals surface area contributed by atoms with E-state index in [2.05, 4.69) is 5.32 Å². The van der Waals surface area contributed by atoms with Crippen LogP contribution in [0.25, 0.3) is 0 Å². The molecule has 1 heterocycles. The number of rotatable bonds is 5. The molecule has 0 spiro atoms. The smallest absolute Gasteiger partial charge is 0.326 e. The molecule has 1 aromatic heterocycles. The molecule has 0 radical (unpaired) electrons. The van der Waals surface area contributed by atoms with Gasteiger partial charge in [0.05, 0.1) is 6.42 Å². The van der Waals surface area contributed by atoms with Crippen molar-refractivity contribution in [3.05, 3.63) is 21.9 Å². The fourth-order valence-electron chi connectivity index (χ4n) is 1.77. The molecule has 0 bridgehead atoms. The molecule has 5 heteroatoms. The molecule has 2 rings (SSSR count). The van der Waals surface area contributed by atoms with Gasteiger partial charge in [0.2, 0.25) is 5.91 Å². The summed E-state index contributed by atoms with van der Waals surface area (Å²) in [6.45, 7) is 1.98. The number of amides is 1. The minimum atomic E-state index is -0.928. The maximum absolute atomic E-state index is 11.7. The molecule has 1 aliphatic rings. The number of nitrogens with one attached hydrogen (secondary N) is 1. The van der Waals surface area contributed by atoms with Crippen LogP contribution in [0.3, 0.4) is 0 Å². The van der Waals surface area contributed by atoms with Crippen LogP contribution in [0, 0.1) is 12.8 Å². The molecule has 1 saturated carbocycles. The summed E-state index contributed by atoms with van der Waals surface area (Å²) < 4.78 is 0. The summed E-state index contributed by atoms with van der Waals surface area (Å²) in [5.41, 5.74) is 0. The second-order valence-corrected chi connectivity index (χ2v) is 5.78. The van der Waals surface area contributed by atoms with Crippen LogP contribution in [-0.2, 0) is 16.0 Å². The molecule has 0 aromatic carbocycles. The van der Waals surface area contributed by atoms with Gasteiger partial charge in [-0.3, -0.25) is 4.79 Å². The minimum Gasteiger partial charge on any atom is -0.480 e. The van der Waals surface area contributed by atoms with Crippen molar-refractivity contribution < 1.29 is 14.7 Å². The molecule has 2 N–H and O–H groups in total. The second-order valence-electron chi connectivity index (χ2n) is 4.41. The number of carboxylic acids is 1. The lowest BCUT2D eigenvalue weighted by atomic mass is 10.2. The Morgan fingerprint density at radius 3 is 2.71 bits per heavy atom. The first kappa shape index (κ1) is 12.1. The number of aliphatic carboxylic acids is 1. The number of carbonyl (C=O) groups is 2. The summed E-state index contributed by atoms with van der Waals surface area (Å²) in [6, 6.07) is 3.17. The fourth-order valence-corrected chi connectivity index (χ4v) is 2.66. The highest BCUT2D eigenvalue weighted by molar-refractivity contribution is 7.12. The molecule has 0 aliphatic heterocycles. The van der Waals surface area contributed by atoms with Crippen molar-refractivity contribution in [3.8, 4) is 0 Å². The molecule has 1 aliphatic carbocycles. The van der Waals surface area contributed by atoms with E-state index < -0.39 is 12.0 Å². The zero-order valence-corrected chi connectivity index (χ0v) is 10.4. The van der Waals surface area contributed by atoms with Gasteiger partial charge in [0, 0.05) is 9.75 Å². The van der Waals surface area contributed by atoms with Crippen LogP contribution in [0.5, 0.6) is 0 Å². The fraction of sp³-hybridized carbons (Fsp3) is 0.500. The summed E-state index contributed by atoms with van der Waals surface area (Å²) in [6.07, 6.45) is 2.07. The molecular weight excluding hydrogens is 238 g/mol. The Bertz CT molecular complexity index is 437. The van der Waals surface area contributed by atoms with Crippen LogP contribution in [0.15, 0.2) is 12.1 Å². The van der Waals surface area contributed by atoms with Crippen LogP contribution in [0.1, 0.15) is 22.6 Å². The van der Waals surface area contributed by atoms with Crippen molar-refractivity contribution in [1.82, 2.24) is 5.32 Å². The SMILES string of the molecule is Cc1ccc(CC(=O)NC(C(=O)O)C2CC2)s1. The quantitative estimate of drug-likeness (QED) is 0.837. The lowest BCUT2D eigenvalue weighted by Crippen LogP contribution is -2.42. The van der Waals surface area contributed by atoms with Gasteiger partial charge in [0.25, 0.3) is 0 Å². The molecule has 4 nitrogen and oxygen atoms in total. The third-order valence-corrected chi connectivity index (χ3v) is 3.81. The number of thiophene rings is 1. The van der Waals surface area contributed by atoms with Gasteiger partial charge in [-0.25, -0.2) is 4.79 Å². The second kappa shape index (κ2) is 4.87. The van der Waals surface area contributed by atoms with Crippen LogP contribution < -0.4 is 5.32 Å². The number of hydrogen-bond donors (Lipinski definition) is 2. The molecule has 1 fully saturated rings. The summed E-state index contributed by atoms with van der Waals surface area (Å²) >= 11 is 1.57. The van der Waals surface area contributed by atoms with E-state index in [1.54, 1.807) is 11.3 Å². The lowest BCUT2D eigenvalue weighted by Gasteiger charge is -2.12. The Morgan fingerprint density at radius 2 is 2.24 bits per heavy atom. The highest BCUT2D eigenvalue weighted by Crippen LogP contribution is 2.32. The van der Waals surface area contributed by atoms with Gasteiger partial charge in [0.1, 0.15) is 6.04 Å². The van der Waals surface area contributed by atoms with Crippen molar-refractivity contribution in [2.24, 2.45) is 5.92 Å². The van der Waals surface area contributed by atoms with E-state index >= 15 is 0 Å². The number of carboxylic acid groups (broad SMARTS) is 1. The van der Waals surface area contributed by atoms with E-state index in [4.69, 9.17) is 5.11 Å². The number of aryl methyl sites for hydroxylation is 1. The first-order chi connectivity index (χ1) is 8.06. The van der Waals surface area contributed by atoms with Gasteiger partial charge in [-0.05, 0) is 37.8 Å². The Balaban J connectivity index is 1.89. The highest BCUT2D eigenvalue weighted by Gasteiger charge is 2.37. The van der Waals surface area contributed by atoms with Crippen molar-refractivity contribution in [2.45, 2.75) is 32.2 Å². The molecule has 17 heavy (non-hydrogen) atoms. The monoisotopic (exact) mass is 253 g/mol. The molecule has 0 saturated heterocycles. The average molecular weight is 253 g/mol. The van der Waals surface area contributed by atoms with E-state index in [0.717, 1.165) is 22.6 Å². The lowest BCUT2D eigenvalue weighted by molar-refractivity contribution is -0.142. The predicted octanol–water partition coefficient (Wildman–Crippen LogP) is 1.58. The maximum atomic E-state index is 11.7. The maximum Gasteiger partial charge on any atom is 0.326 e. The van der Waals surface area contributed by atoms with E-state index in [0.29, 0.717) is 0 Å². The third-order valence-electron chi connectivity index (χ3n) is 2.81. The summed E-state index contributed by atoms with van der Waals surface area (Å²) in [4.78, 5) is 24.8. The molecule has 92 valence electrons. The molecule has 1 unspecified atom stereocenters. The molecular formula is C12H15NO3S. The Hall–Kier alpha value is -1.36. The van der Waals surface area contributed by atoms with Gasteiger partial charge in [-0.1, -0.05) is 0 Å². The predicted molar refractivity (Wildman–Crippen MR) is 65.1 cm³/mol. The van der Waals surface area contributed by atoms with Gasteiger partial charge < -0.3 is 10.4 Å². The van der Waals surface area contributed by atoms with E-state index in [-0.39, 0.29) is 18.2 Å². The minimum absolute atomic E-state index is 0.126. The molecule has 1 aromatic rings. The topological polar surface area (TPSA) is 66.4 Å². The average Bonchev–Trinajstić information content (AvgIpc) is 3.00. The zero-order valence-electron chi connectivity index (χ0n) is 9.60. The third kappa shape index (κ3) is 3.30. The Morgan fingerprint density at radius 1 is 1.53 bits per heavy atom. The van der Waals surface area contributed by atoms with Crippen LogP contribution in [0.4, 0.5) is 0 Å². The van der Waals surface area contributed by atoms with Crippen molar-refractivity contribution in [2.75, 3.05) is 0 Å². The Kier molecular flexibility index (Phi) is 3.47. The summed E-state index contributed by atoms with van der Waals surface area (Å²) in [7, 11) is 0. The van der Waals surface area contributed by atoms with Gasteiger partial charge >= 0.3 is 5.97 Å². The normalized spacial score (nSPS) is 16.5. The standard InChI is InChI=1S/C12H15NO3S/c1-7-2-5-9(17-7)6-10(14)13-11(12(15)16)8-3-4-8/h2,5,8,11H,3-4,6H2,1H3,(H,13,14)(H,15,16). The van der Waals surface area contributed by atoms with Crippen LogP contribution in [-0.4, -0.2) is 23.0 Å². The number of hydrogen-bond acceptors (Lipinski definition) is 3. The van der Waals surface area contributed by atoms with Crippen LogP contribution in [0.2, 0.25) is 0 Å². The molecule has 1 amide bonds. The summed E-state index contributed by atoms with van der Waals surface area (Å²) in [5, 5.41) is 11.6. The van der Waals surface area contributed by atoms with Crippen LogP contribution >= 0.6 is 11.3 Å². The largest absolute Gasteiger partial charge is 0.480 e. The van der Waals surface area contributed by atoms with E-state index in [9.17, 15) is 9.59 Å². The van der Waals surface area contributed by atoms with E-state index in [1.807, 2.05) is 19.1 Å². The van der Waals surface area contributed by atoms with Gasteiger partial charge in [-0.15, -0.1) is 11.3 Å². The van der Waals surface area contributed by atoms with Gasteiger partial charge in [-0.2, -0.15) is 0 Å². The highest BCUT2D eigenvalue weighted by atomic mass is 32.1. The summed E-state index contributed by atoms with van der Waals surface area (Å²) in [5.74, 6) is -1.00. The van der Waals surface area contributed by atoms with Gasteiger partial charge in [0.15, 0.2) is 0 Å². The van der Waals surface area contributed by atoms with Crippen molar-refractivity contribution in [3.63, 3.8) is 0 Å². The van der Waals surface area contributed by atoms with Crippen molar-refractivity contribution in [1.29, 1.82) is 0 Å². The molecule has 1 atom stereocenters. The first-order valence-electron chi connectivity index (χ1n) is 5.64. The Labute approximate surface area is 104 Å². The first-order valence-corrected chi connectivity index (χ1v) is 6.45. The number of carbonyl (C=O) groups excluding carboxylic acids is 1. The zero-order chi connectivity index (χ0) is 12.4. The van der Waals surface area contributed by atoms with Crippen molar-refractivity contribution >= 4 is 23.2 Å².